The fourth-order valence-corrected chi connectivity index (χ4v) is 3.28. The largest absolute Gasteiger partial charge is 0.336 e. The molecule has 0 amide bonds. The van der Waals surface area contributed by atoms with Crippen LogP contribution in [0.15, 0.2) is 84.9 Å². The van der Waals surface area contributed by atoms with Gasteiger partial charge < -0.3 is 14.7 Å². The molecule has 0 aromatic heterocycles. The summed E-state index contributed by atoms with van der Waals surface area (Å²) in [5.41, 5.74) is 5.05. The number of hydrogen-bond donors (Lipinski definition) is 0. The Morgan fingerprint density at radius 3 is 1.24 bits per heavy atom. The van der Waals surface area contributed by atoms with Gasteiger partial charge in [-0.2, -0.15) is 0 Å². The molecule has 0 atom stereocenters. The highest BCUT2D eigenvalue weighted by Crippen LogP contribution is 2.26. The number of anilines is 3. The van der Waals surface area contributed by atoms with Gasteiger partial charge in [0.05, 0.1) is 20.0 Å². The van der Waals surface area contributed by atoms with Gasteiger partial charge in [0.25, 0.3) is 0 Å². The van der Waals surface area contributed by atoms with E-state index in [0.717, 1.165) is 20.0 Å². The lowest BCUT2D eigenvalue weighted by Crippen LogP contribution is -2.55. The first-order valence-electron chi connectivity index (χ1n) is 8.71. The fraction of sp³-hybridized carbons (Fsp3) is 0.182. The zero-order valence-electron chi connectivity index (χ0n) is 14.5. The second-order valence-electron chi connectivity index (χ2n) is 6.55. The van der Waals surface area contributed by atoms with Gasteiger partial charge in [-0.15, -0.1) is 0 Å². The standard InChI is InChI=1S/C22H23N3/c1-19-12-14-22(15-13-19)25-17-23(20-8-4-2-5-9-20)16-24(18-25)21-10-6-3-7-11-21/h2-15H,16-18H2,1H3. The van der Waals surface area contributed by atoms with E-state index in [1.165, 1.54) is 22.6 Å². The Bertz CT molecular complexity index is 752. The van der Waals surface area contributed by atoms with Gasteiger partial charge in [0.1, 0.15) is 0 Å². The number of benzene rings is 3. The second-order valence-corrected chi connectivity index (χ2v) is 6.55. The first-order chi connectivity index (χ1) is 12.3. The monoisotopic (exact) mass is 329 g/mol. The Kier molecular flexibility index (Phi) is 4.30. The molecule has 25 heavy (non-hydrogen) atoms. The molecule has 0 spiro atoms. The van der Waals surface area contributed by atoms with Crippen molar-refractivity contribution in [3.8, 4) is 0 Å². The fourth-order valence-electron chi connectivity index (χ4n) is 3.28. The minimum Gasteiger partial charge on any atom is -0.336 e. The SMILES string of the molecule is Cc1ccc(N2CN(c3ccccc3)CN(c3ccccc3)C2)cc1. The van der Waals surface area contributed by atoms with Gasteiger partial charge in [0.2, 0.25) is 0 Å². The van der Waals surface area contributed by atoms with Crippen molar-refractivity contribution >= 4 is 17.1 Å². The van der Waals surface area contributed by atoms with Crippen LogP contribution in [0.25, 0.3) is 0 Å². The summed E-state index contributed by atoms with van der Waals surface area (Å²) in [5.74, 6) is 0. The average molecular weight is 329 g/mol. The highest BCUT2D eigenvalue weighted by molar-refractivity contribution is 5.58. The average Bonchev–Trinajstić information content (AvgIpc) is 2.69. The van der Waals surface area contributed by atoms with Crippen LogP contribution in [0.4, 0.5) is 17.1 Å². The Morgan fingerprint density at radius 1 is 0.480 bits per heavy atom. The summed E-state index contributed by atoms with van der Waals surface area (Å²) in [5, 5.41) is 0. The maximum absolute atomic E-state index is 2.42. The molecule has 0 unspecified atom stereocenters. The topological polar surface area (TPSA) is 9.72 Å². The van der Waals surface area contributed by atoms with Crippen LogP contribution < -0.4 is 14.7 Å². The van der Waals surface area contributed by atoms with Crippen LogP contribution in [0.3, 0.4) is 0 Å². The van der Waals surface area contributed by atoms with Crippen molar-refractivity contribution in [3.63, 3.8) is 0 Å². The van der Waals surface area contributed by atoms with E-state index in [1.54, 1.807) is 0 Å². The molecule has 1 saturated heterocycles. The highest BCUT2D eigenvalue weighted by atomic mass is 15.5. The molecule has 3 nitrogen and oxygen atoms in total. The van der Waals surface area contributed by atoms with E-state index in [9.17, 15) is 0 Å². The van der Waals surface area contributed by atoms with Crippen LogP contribution in [0, 0.1) is 6.92 Å². The number of rotatable bonds is 3. The molecule has 3 aromatic rings. The smallest absolute Gasteiger partial charge is 0.0937 e. The Balaban J connectivity index is 1.66. The molecule has 1 fully saturated rings. The molecule has 0 radical (unpaired) electrons. The van der Waals surface area contributed by atoms with E-state index in [0.29, 0.717) is 0 Å². The van der Waals surface area contributed by atoms with Crippen LogP contribution in [0.5, 0.6) is 0 Å². The number of para-hydroxylation sites is 2. The molecular formula is C22H23N3. The summed E-state index contributed by atoms with van der Waals surface area (Å²) >= 11 is 0. The lowest BCUT2D eigenvalue weighted by Gasteiger charge is -2.45. The van der Waals surface area contributed by atoms with Crippen LogP contribution in [-0.2, 0) is 0 Å². The molecule has 1 heterocycles. The molecule has 3 heteroatoms. The van der Waals surface area contributed by atoms with Crippen molar-refractivity contribution in [1.29, 1.82) is 0 Å². The Morgan fingerprint density at radius 2 is 0.840 bits per heavy atom. The molecule has 1 aliphatic heterocycles. The maximum atomic E-state index is 2.42. The number of hydrogen-bond acceptors (Lipinski definition) is 3. The quantitative estimate of drug-likeness (QED) is 0.689. The molecule has 4 rings (SSSR count). The molecule has 0 bridgehead atoms. The highest BCUT2D eigenvalue weighted by Gasteiger charge is 2.24. The van der Waals surface area contributed by atoms with E-state index >= 15 is 0 Å². The summed E-state index contributed by atoms with van der Waals surface area (Å²) in [6.07, 6.45) is 0. The zero-order chi connectivity index (χ0) is 17.1. The third-order valence-electron chi connectivity index (χ3n) is 4.67. The predicted octanol–water partition coefficient (Wildman–Crippen LogP) is 4.70. The van der Waals surface area contributed by atoms with Crippen molar-refractivity contribution in [2.75, 3.05) is 34.7 Å². The van der Waals surface area contributed by atoms with E-state index in [4.69, 9.17) is 0 Å². The molecular weight excluding hydrogens is 306 g/mol. The third kappa shape index (κ3) is 3.45. The van der Waals surface area contributed by atoms with E-state index in [2.05, 4.69) is 107 Å². The molecule has 0 aliphatic carbocycles. The van der Waals surface area contributed by atoms with Crippen LogP contribution in [0.1, 0.15) is 5.56 Å². The van der Waals surface area contributed by atoms with Crippen molar-refractivity contribution in [3.05, 3.63) is 90.5 Å². The van der Waals surface area contributed by atoms with Crippen molar-refractivity contribution in [1.82, 2.24) is 0 Å². The first-order valence-corrected chi connectivity index (χ1v) is 8.71. The van der Waals surface area contributed by atoms with Gasteiger partial charge in [-0.1, -0.05) is 54.1 Å². The second kappa shape index (κ2) is 6.89. The third-order valence-corrected chi connectivity index (χ3v) is 4.67. The molecule has 3 aromatic carbocycles. The van der Waals surface area contributed by atoms with E-state index in [-0.39, 0.29) is 0 Å². The first kappa shape index (κ1) is 15.6. The van der Waals surface area contributed by atoms with Crippen molar-refractivity contribution in [2.24, 2.45) is 0 Å². The summed E-state index contributed by atoms with van der Waals surface area (Å²) in [7, 11) is 0. The maximum Gasteiger partial charge on any atom is 0.0937 e. The summed E-state index contributed by atoms with van der Waals surface area (Å²) in [6.45, 7) is 4.79. The van der Waals surface area contributed by atoms with E-state index in [1.807, 2.05) is 0 Å². The van der Waals surface area contributed by atoms with Crippen LogP contribution in [-0.4, -0.2) is 20.0 Å². The zero-order valence-corrected chi connectivity index (χ0v) is 14.5. The van der Waals surface area contributed by atoms with Crippen LogP contribution in [0.2, 0.25) is 0 Å². The molecule has 0 N–H and O–H groups in total. The summed E-state index contributed by atoms with van der Waals surface area (Å²) < 4.78 is 0. The molecule has 0 saturated carbocycles. The van der Waals surface area contributed by atoms with Crippen LogP contribution >= 0.6 is 0 Å². The van der Waals surface area contributed by atoms with Gasteiger partial charge in [-0.25, -0.2) is 0 Å². The molecule has 1 aliphatic rings. The van der Waals surface area contributed by atoms with Gasteiger partial charge in [-0.05, 0) is 43.3 Å². The van der Waals surface area contributed by atoms with Gasteiger partial charge in [-0.3, -0.25) is 0 Å². The van der Waals surface area contributed by atoms with Gasteiger partial charge in [0, 0.05) is 17.1 Å². The number of nitrogens with zero attached hydrogens (tertiary/aromatic N) is 3. The van der Waals surface area contributed by atoms with Gasteiger partial charge >= 0.3 is 0 Å². The lowest BCUT2D eigenvalue weighted by molar-refractivity contribution is 0.611. The minimum atomic E-state index is 0.885. The summed E-state index contributed by atoms with van der Waals surface area (Å²) in [6, 6.07) is 30.1. The number of aryl methyl sites for hydroxylation is 1. The predicted molar refractivity (Wildman–Crippen MR) is 106 cm³/mol. The minimum absolute atomic E-state index is 0.885. The summed E-state index contributed by atoms with van der Waals surface area (Å²) in [4.78, 5) is 7.25. The van der Waals surface area contributed by atoms with Crippen molar-refractivity contribution in [2.45, 2.75) is 6.92 Å². The normalized spacial score (nSPS) is 14.7. The lowest BCUT2D eigenvalue weighted by atomic mass is 10.2. The molecule has 126 valence electrons. The Labute approximate surface area is 149 Å². The van der Waals surface area contributed by atoms with E-state index < -0.39 is 0 Å². The Hall–Kier alpha value is -2.94. The van der Waals surface area contributed by atoms with Gasteiger partial charge in [0.15, 0.2) is 0 Å². The van der Waals surface area contributed by atoms with Crippen molar-refractivity contribution < 1.29 is 0 Å².